The van der Waals surface area contributed by atoms with Crippen LogP contribution in [0.5, 0.6) is 11.5 Å². The first kappa shape index (κ1) is 21.7. The molecule has 0 unspecified atom stereocenters. The average Bonchev–Trinajstić information content (AvgIpc) is 2.94. The summed E-state index contributed by atoms with van der Waals surface area (Å²) in [4.78, 5) is 37.6. The first-order chi connectivity index (χ1) is 14.3. The molecule has 0 aliphatic carbocycles. The fourth-order valence-corrected chi connectivity index (χ4v) is 4.00. The van der Waals surface area contributed by atoms with Gasteiger partial charge >= 0.3 is 0 Å². The highest BCUT2D eigenvalue weighted by atomic mass is 35.5. The minimum Gasteiger partial charge on any atom is -0.493 e. The van der Waals surface area contributed by atoms with E-state index in [0.29, 0.717) is 5.56 Å². The number of nitrogens with zero attached hydrogens (tertiary/aromatic N) is 1. The van der Waals surface area contributed by atoms with Crippen molar-refractivity contribution in [3.8, 4) is 11.5 Å². The van der Waals surface area contributed by atoms with Gasteiger partial charge in [-0.15, -0.1) is 0 Å². The van der Waals surface area contributed by atoms with Crippen LogP contribution in [0.4, 0.5) is 4.79 Å². The Bertz CT molecular complexity index is 1050. The van der Waals surface area contributed by atoms with Crippen LogP contribution >= 0.6 is 23.4 Å². The van der Waals surface area contributed by atoms with Crippen molar-refractivity contribution in [3.05, 3.63) is 63.0 Å². The number of hydrogen-bond acceptors (Lipinski definition) is 6. The van der Waals surface area contributed by atoms with Gasteiger partial charge in [-0.05, 0) is 48.0 Å². The fraction of sp³-hybridized carbons (Fsp3) is 0.190. The van der Waals surface area contributed by atoms with Crippen LogP contribution in [0.15, 0.2) is 41.3 Å². The van der Waals surface area contributed by atoms with E-state index in [4.69, 9.17) is 26.8 Å². The predicted molar refractivity (Wildman–Crippen MR) is 115 cm³/mol. The summed E-state index contributed by atoms with van der Waals surface area (Å²) < 4.78 is 10.6. The molecule has 3 amide bonds. The third kappa shape index (κ3) is 4.95. The summed E-state index contributed by atoms with van der Waals surface area (Å²) in [5.74, 6) is -0.591. The zero-order chi connectivity index (χ0) is 21.8. The first-order valence-electron chi connectivity index (χ1n) is 8.88. The van der Waals surface area contributed by atoms with E-state index in [9.17, 15) is 14.4 Å². The number of benzene rings is 2. The third-order valence-electron chi connectivity index (χ3n) is 4.21. The number of carbonyl (C=O) groups excluding carboxylic acids is 3. The Morgan fingerprint density at radius 2 is 2.03 bits per heavy atom. The molecule has 1 heterocycles. The topological polar surface area (TPSA) is 98.9 Å². The van der Waals surface area contributed by atoms with Crippen LogP contribution < -0.4 is 15.2 Å². The Balaban J connectivity index is 1.84. The summed E-state index contributed by atoms with van der Waals surface area (Å²) >= 11 is 7.10. The molecular formula is C21H19ClN2O5S. The Labute approximate surface area is 182 Å². The zero-order valence-electron chi connectivity index (χ0n) is 16.3. The van der Waals surface area contributed by atoms with Crippen molar-refractivity contribution in [3.63, 3.8) is 0 Å². The van der Waals surface area contributed by atoms with Gasteiger partial charge in [0, 0.05) is 0 Å². The second kappa shape index (κ2) is 9.23. The van der Waals surface area contributed by atoms with Crippen LogP contribution in [0.25, 0.3) is 6.08 Å². The van der Waals surface area contributed by atoms with Gasteiger partial charge in [0.15, 0.2) is 18.1 Å². The van der Waals surface area contributed by atoms with E-state index in [0.717, 1.165) is 22.9 Å². The molecule has 2 aromatic carbocycles. The van der Waals surface area contributed by atoms with Crippen molar-refractivity contribution in [1.29, 1.82) is 0 Å². The molecule has 9 heteroatoms. The van der Waals surface area contributed by atoms with E-state index in [2.05, 4.69) is 0 Å². The third-order valence-corrected chi connectivity index (χ3v) is 5.39. The number of rotatable bonds is 7. The van der Waals surface area contributed by atoms with Gasteiger partial charge in [-0.3, -0.25) is 19.3 Å². The van der Waals surface area contributed by atoms with Crippen LogP contribution in [-0.4, -0.2) is 35.7 Å². The largest absolute Gasteiger partial charge is 0.493 e. The lowest BCUT2D eigenvalue weighted by Crippen LogP contribution is -2.27. The minimum absolute atomic E-state index is 0.169. The predicted octanol–water partition coefficient (Wildman–Crippen LogP) is 3.76. The number of halogens is 1. The lowest BCUT2D eigenvalue weighted by Gasteiger charge is -2.13. The molecule has 3 rings (SSSR count). The molecule has 0 radical (unpaired) electrons. The van der Waals surface area contributed by atoms with E-state index in [1.165, 1.54) is 12.0 Å². The molecule has 0 saturated carbocycles. The summed E-state index contributed by atoms with van der Waals surface area (Å²) in [5.41, 5.74) is 7.56. The second-order valence-corrected chi connectivity index (χ2v) is 7.95. The van der Waals surface area contributed by atoms with Crippen molar-refractivity contribution in [2.24, 2.45) is 5.73 Å². The van der Waals surface area contributed by atoms with Gasteiger partial charge < -0.3 is 15.2 Å². The molecule has 0 bridgehead atoms. The van der Waals surface area contributed by atoms with Gasteiger partial charge in [-0.2, -0.15) is 0 Å². The van der Waals surface area contributed by atoms with Crippen LogP contribution in [-0.2, 0) is 16.1 Å². The highest BCUT2D eigenvalue weighted by Gasteiger charge is 2.35. The number of hydrogen-bond donors (Lipinski definition) is 1. The molecule has 30 heavy (non-hydrogen) atoms. The summed E-state index contributed by atoms with van der Waals surface area (Å²) in [6, 6.07) is 10.8. The molecule has 2 N–H and O–H groups in total. The second-order valence-electron chi connectivity index (χ2n) is 6.55. The highest BCUT2D eigenvalue weighted by molar-refractivity contribution is 8.18. The maximum atomic E-state index is 12.8. The normalized spacial score (nSPS) is 15.0. The lowest BCUT2D eigenvalue weighted by atomic mass is 10.1. The van der Waals surface area contributed by atoms with Crippen molar-refractivity contribution in [1.82, 2.24) is 4.90 Å². The summed E-state index contributed by atoms with van der Waals surface area (Å²) in [6.45, 7) is 1.80. The molecular weight excluding hydrogens is 428 g/mol. The average molecular weight is 447 g/mol. The molecule has 0 spiro atoms. The number of carbonyl (C=O) groups is 3. The summed E-state index contributed by atoms with van der Waals surface area (Å²) in [5, 5.41) is -0.159. The van der Waals surface area contributed by atoms with Crippen LogP contribution in [0.2, 0.25) is 5.02 Å². The van der Waals surface area contributed by atoms with Crippen LogP contribution in [0.1, 0.15) is 16.7 Å². The van der Waals surface area contributed by atoms with E-state index < -0.39 is 5.91 Å². The van der Waals surface area contributed by atoms with E-state index >= 15 is 0 Å². The smallest absolute Gasteiger partial charge is 0.293 e. The highest BCUT2D eigenvalue weighted by Crippen LogP contribution is 2.39. The maximum Gasteiger partial charge on any atom is 0.293 e. The molecule has 1 saturated heterocycles. The number of thioether (sulfide) groups is 1. The van der Waals surface area contributed by atoms with Crippen molar-refractivity contribution < 1.29 is 23.9 Å². The van der Waals surface area contributed by atoms with E-state index in [1.54, 1.807) is 18.2 Å². The van der Waals surface area contributed by atoms with Crippen molar-refractivity contribution in [2.75, 3.05) is 13.7 Å². The Kier molecular flexibility index (Phi) is 6.69. The van der Waals surface area contributed by atoms with Crippen molar-refractivity contribution in [2.45, 2.75) is 13.5 Å². The maximum absolute atomic E-state index is 12.8. The zero-order valence-corrected chi connectivity index (χ0v) is 17.9. The fourth-order valence-electron chi connectivity index (χ4n) is 2.89. The van der Waals surface area contributed by atoms with Crippen molar-refractivity contribution >= 4 is 46.5 Å². The monoisotopic (exact) mass is 446 g/mol. The number of primary amides is 1. The van der Waals surface area contributed by atoms with E-state index in [1.807, 2.05) is 31.2 Å². The van der Waals surface area contributed by atoms with Gasteiger partial charge in [0.25, 0.3) is 17.1 Å². The molecule has 1 aliphatic heterocycles. The minimum atomic E-state index is -0.653. The molecule has 0 aromatic heterocycles. The van der Waals surface area contributed by atoms with Gasteiger partial charge in [0.1, 0.15) is 0 Å². The van der Waals surface area contributed by atoms with Gasteiger partial charge in [0.2, 0.25) is 0 Å². The number of aryl methyl sites for hydroxylation is 1. The first-order valence-corrected chi connectivity index (χ1v) is 10.1. The number of methoxy groups -OCH3 is 1. The Hall–Kier alpha value is -2.97. The molecule has 156 valence electrons. The summed E-state index contributed by atoms with van der Waals surface area (Å²) in [6.07, 6.45) is 1.56. The quantitative estimate of drug-likeness (QED) is 0.650. The molecule has 1 fully saturated rings. The number of ether oxygens (including phenoxy) is 2. The molecule has 0 atom stereocenters. The van der Waals surface area contributed by atoms with Gasteiger partial charge in [-0.25, -0.2) is 0 Å². The van der Waals surface area contributed by atoms with Gasteiger partial charge in [0.05, 0.1) is 23.6 Å². The molecule has 2 aromatic rings. The molecule has 7 nitrogen and oxygen atoms in total. The van der Waals surface area contributed by atoms with Gasteiger partial charge in [-0.1, -0.05) is 41.4 Å². The Morgan fingerprint density at radius 3 is 2.70 bits per heavy atom. The lowest BCUT2D eigenvalue weighted by molar-refractivity contribution is -0.123. The Morgan fingerprint density at radius 1 is 1.27 bits per heavy atom. The summed E-state index contributed by atoms with van der Waals surface area (Å²) in [7, 11) is 1.42. The van der Waals surface area contributed by atoms with Crippen LogP contribution in [0.3, 0.4) is 0 Å². The molecule has 1 aliphatic rings. The standard InChI is InChI=1S/C21H19ClN2O5S/c1-12-4-3-5-13(6-12)10-24-20(26)17(30-21(24)27)9-14-7-15(22)19(16(8-14)28-2)29-11-18(23)25/h3-9H,10-11H2,1-2H3,(H2,23,25)/b17-9-. The van der Waals surface area contributed by atoms with Crippen LogP contribution in [0, 0.1) is 6.92 Å². The number of nitrogens with two attached hydrogens (primary N) is 1. The number of imide groups is 1. The SMILES string of the molecule is COc1cc(/C=C2\SC(=O)N(Cc3cccc(C)c3)C2=O)cc(Cl)c1OCC(N)=O. The number of amides is 3. The van der Waals surface area contributed by atoms with E-state index in [-0.39, 0.29) is 45.7 Å².